The average Bonchev–Trinajstić information content (AvgIpc) is 3.04. The van der Waals surface area contributed by atoms with Crippen molar-refractivity contribution < 1.29 is 55.3 Å². The van der Waals surface area contributed by atoms with E-state index in [1.54, 1.807) is 13.8 Å². The molecule has 3 rings (SSSR count). The minimum Gasteiger partial charge on any atom is -0.490 e. The maximum atomic E-state index is 14.2. The monoisotopic (exact) mass is 718 g/mol. The Morgan fingerprint density at radius 2 is 1.68 bits per heavy atom. The van der Waals surface area contributed by atoms with Crippen molar-refractivity contribution in [2.24, 2.45) is 5.92 Å². The van der Waals surface area contributed by atoms with Crippen LogP contribution in [0, 0.1) is 5.92 Å². The number of benzene rings is 2. The zero-order chi connectivity index (χ0) is 37.2. The first-order valence-electron chi connectivity index (χ1n) is 16.3. The number of aliphatic hydroxyl groups is 1. The zero-order valence-electron chi connectivity index (χ0n) is 28.4. The Kier molecular flexibility index (Phi) is 14.3. The number of hydrogen-bond donors (Lipinski definition) is 3. The molecule has 0 saturated carbocycles. The molecule has 1 aliphatic heterocycles. The van der Waals surface area contributed by atoms with Gasteiger partial charge in [-0.15, -0.1) is 0 Å². The molecule has 0 aliphatic carbocycles. The molecule has 0 bridgehead atoms. The first-order valence-corrected chi connectivity index (χ1v) is 16.3. The van der Waals surface area contributed by atoms with Crippen LogP contribution in [0.5, 0.6) is 5.75 Å². The maximum absolute atomic E-state index is 14.2. The Balaban J connectivity index is 1.85. The minimum atomic E-state index is -4.52. The van der Waals surface area contributed by atoms with E-state index in [9.17, 15) is 45.8 Å². The summed E-state index contributed by atoms with van der Waals surface area (Å²) in [5, 5.41) is 15.1. The van der Waals surface area contributed by atoms with Crippen molar-refractivity contribution >= 4 is 29.2 Å². The van der Waals surface area contributed by atoms with Crippen molar-refractivity contribution in [3.8, 4) is 5.75 Å². The molecule has 2 aromatic rings. The van der Waals surface area contributed by atoms with Crippen LogP contribution in [0.3, 0.4) is 0 Å². The summed E-state index contributed by atoms with van der Waals surface area (Å²) >= 11 is 0. The van der Waals surface area contributed by atoms with Crippen LogP contribution in [-0.2, 0) is 15.7 Å². The molecule has 0 unspecified atom stereocenters. The number of anilines is 2. The van der Waals surface area contributed by atoms with Crippen molar-refractivity contribution in [2.45, 2.75) is 83.5 Å². The van der Waals surface area contributed by atoms with E-state index in [0.29, 0.717) is 25.9 Å². The van der Waals surface area contributed by atoms with Crippen molar-refractivity contribution in [3.63, 3.8) is 0 Å². The molecule has 0 spiro atoms. The van der Waals surface area contributed by atoms with Crippen LogP contribution >= 0.6 is 0 Å². The minimum absolute atomic E-state index is 0.0283. The maximum Gasteiger partial charge on any atom is 0.416 e. The van der Waals surface area contributed by atoms with Crippen LogP contribution < -0.4 is 15.4 Å². The number of likely N-dealkylation sites (N-methyl/N-ethyl adjacent to an activating group) is 1. The first-order chi connectivity index (χ1) is 23.4. The predicted octanol–water partition coefficient (Wildman–Crippen LogP) is 6.95. The van der Waals surface area contributed by atoms with Crippen molar-refractivity contribution in [2.75, 3.05) is 44.0 Å². The Morgan fingerprint density at radius 3 is 2.30 bits per heavy atom. The van der Waals surface area contributed by atoms with Crippen LogP contribution in [0.1, 0.15) is 68.8 Å². The largest absolute Gasteiger partial charge is 0.490 e. The molecule has 0 fully saturated rings. The van der Waals surface area contributed by atoms with E-state index < -0.39 is 73.3 Å². The number of nitrogens with one attached hydrogen (secondary N) is 2. The number of urea groups is 1. The summed E-state index contributed by atoms with van der Waals surface area (Å²) in [7, 11) is 1.50. The van der Waals surface area contributed by atoms with Gasteiger partial charge in [0.1, 0.15) is 5.75 Å². The number of alkyl halides is 6. The predicted molar refractivity (Wildman–Crippen MR) is 174 cm³/mol. The second-order valence-electron chi connectivity index (χ2n) is 12.6. The second-order valence-corrected chi connectivity index (χ2v) is 12.6. The Labute approximate surface area is 287 Å². The molecule has 3 N–H and O–H groups in total. The molecule has 4 amide bonds. The van der Waals surface area contributed by atoms with Gasteiger partial charge in [0.25, 0.3) is 5.91 Å². The fourth-order valence-corrected chi connectivity index (χ4v) is 5.26. The molecule has 0 aromatic heterocycles. The molecule has 0 saturated heterocycles. The number of amides is 4. The van der Waals surface area contributed by atoms with Crippen molar-refractivity contribution in [1.29, 1.82) is 0 Å². The Hall–Kier alpha value is -4.05. The van der Waals surface area contributed by atoms with Gasteiger partial charge >= 0.3 is 18.4 Å². The third-order valence-electron chi connectivity index (χ3n) is 8.23. The first kappa shape index (κ1) is 40.4. The average molecular weight is 719 g/mol. The van der Waals surface area contributed by atoms with E-state index in [1.165, 1.54) is 35.0 Å². The molecular formula is C34H44F6N4O6. The van der Waals surface area contributed by atoms with Gasteiger partial charge in [0, 0.05) is 50.5 Å². The smallest absolute Gasteiger partial charge is 0.416 e. The van der Waals surface area contributed by atoms with E-state index in [-0.39, 0.29) is 41.9 Å². The van der Waals surface area contributed by atoms with Gasteiger partial charge in [0.15, 0.2) is 0 Å². The lowest BCUT2D eigenvalue weighted by molar-refractivity contribution is -0.142. The summed E-state index contributed by atoms with van der Waals surface area (Å²) in [5.74, 6) is -1.68. The molecule has 50 heavy (non-hydrogen) atoms. The van der Waals surface area contributed by atoms with Crippen LogP contribution in [0.25, 0.3) is 0 Å². The number of ether oxygens (including phenoxy) is 2. The molecular weight excluding hydrogens is 674 g/mol. The molecule has 2 aromatic carbocycles. The van der Waals surface area contributed by atoms with Crippen LogP contribution in [0.15, 0.2) is 42.5 Å². The number of rotatable bonds is 8. The quantitative estimate of drug-likeness (QED) is 0.255. The van der Waals surface area contributed by atoms with Gasteiger partial charge < -0.3 is 35.0 Å². The van der Waals surface area contributed by atoms with Crippen molar-refractivity contribution in [1.82, 2.24) is 9.80 Å². The van der Waals surface area contributed by atoms with Crippen LogP contribution in [0.4, 0.5) is 42.5 Å². The number of nitrogens with zero attached hydrogens (tertiary/aromatic N) is 2. The topological polar surface area (TPSA) is 120 Å². The summed E-state index contributed by atoms with van der Waals surface area (Å²) in [6, 6.07) is 6.95. The van der Waals surface area contributed by atoms with Gasteiger partial charge in [0.2, 0.25) is 5.91 Å². The number of hydrogen-bond acceptors (Lipinski definition) is 6. The SMILES string of the molecule is C[C@@H]1CN([C@@H](C)CO)C(=O)c2cc(NC(=O)CCC(F)(F)F)ccc2O[C@@H](C)CCCCO[C@H]1CN(C)C(=O)Nc1ccc(C(F)(F)F)cc1. The van der Waals surface area contributed by atoms with Gasteiger partial charge in [0.05, 0.1) is 42.4 Å². The van der Waals surface area contributed by atoms with E-state index >= 15 is 0 Å². The molecule has 0 radical (unpaired) electrons. The molecule has 16 heteroatoms. The van der Waals surface area contributed by atoms with Gasteiger partial charge in [-0.1, -0.05) is 6.92 Å². The van der Waals surface area contributed by atoms with Crippen LogP contribution in [-0.4, -0.2) is 90.5 Å². The van der Waals surface area contributed by atoms with Crippen LogP contribution in [0.2, 0.25) is 0 Å². The lowest BCUT2D eigenvalue weighted by atomic mass is 10.0. The highest BCUT2D eigenvalue weighted by Gasteiger charge is 2.33. The highest BCUT2D eigenvalue weighted by atomic mass is 19.4. The third kappa shape index (κ3) is 12.4. The number of fused-ring (bicyclic) bond motifs is 1. The third-order valence-corrected chi connectivity index (χ3v) is 8.23. The molecule has 10 nitrogen and oxygen atoms in total. The van der Waals surface area contributed by atoms with E-state index in [4.69, 9.17) is 9.47 Å². The lowest BCUT2D eigenvalue weighted by Gasteiger charge is -2.35. The van der Waals surface area contributed by atoms with E-state index in [2.05, 4.69) is 10.6 Å². The summed E-state index contributed by atoms with van der Waals surface area (Å²) in [5.41, 5.74) is -0.574. The Bertz CT molecular complexity index is 1440. The van der Waals surface area contributed by atoms with Gasteiger partial charge in [-0.2, -0.15) is 26.3 Å². The number of aliphatic hydroxyl groups excluding tert-OH is 1. The fraction of sp³-hybridized carbons (Fsp3) is 0.559. The van der Waals surface area contributed by atoms with Crippen molar-refractivity contribution in [3.05, 3.63) is 53.6 Å². The fourth-order valence-electron chi connectivity index (χ4n) is 5.26. The molecule has 1 heterocycles. The summed E-state index contributed by atoms with van der Waals surface area (Å²) in [6.07, 6.45) is -10.2. The Morgan fingerprint density at radius 1 is 1.02 bits per heavy atom. The normalized spacial score (nSPS) is 20.2. The van der Waals surface area contributed by atoms with Gasteiger partial charge in [-0.3, -0.25) is 9.59 Å². The number of carbonyl (C=O) groups is 3. The van der Waals surface area contributed by atoms with E-state index in [1.807, 2.05) is 6.92 Å². The van der Waals surface area contributed by atoms with Gasteiger partial charge in [-0.25, -0.2) is 4.79 Å². The number of halogens is 6. The summed E-state index contributed by atoms with van der Waals surface area (Å²) < 4.78 is 89.2. The highest BCUT2D eigenvalue weighted by molar-refractivity contribution is 5.99. The van der Waals surface area contributed by atoms with Gasteiger partial charge in [-0.05, 0) is 75.6 Å². The summed E-state index contributed by atoms with van der Waals surface area (Å²) in [6.45, 7) is 5.24. The second kappa shape index (κ2) is 17.7. The lowest BCUT2D eigenvalue weighted by Crippen LogP contribution is -2.48. The number of carbonyl (C=O) groups excluding carboxylic acids is 3. The molecule has 1 aliphatic rings. The molecule has 4 atom stereocenters. The summed E-state index contributed by atoms with van der Waals surface area (Å²) in [4.78, 5) is 42.2. The molecule has 278 valence electrons. The van der Waals surface area contributed by atoms with E-state index in [0.717, 1.165) is 24.3 Å². The standard InChI is InChI=1S/C34H44F6N4O6/c1-21-18-44(22(2)20-45)31(47)27-17-26(41-30(46)14-15-33(35,36)37)12-13-28(27)50-23(3)7-5-6-16-49-29(21)19-43(4)32(48)42-25-10-8-24(9-11-25)34(38,39)40/h8-13,17,21-23,29,45H,5-7,14-16,18-20H2,1-4H3,(H,41,46)(H,42,48)/t21-,22+,23+,29+/m1/s1. The zero-order valence-corrected chi connectivity index (χ0v) is 28.4. The highest BCUT2D eigenvalue weighted by Crippen LogP contribution is 2.31.